The lowest BCUT2D eigenvalue weighted by atomic mass is 10.1. The average molecular weight is 361 g/mol. The van der Waals surface area contributed by atoms with Gasteiger partial charge in [-0.3, -0.25) is 0 Å². The maximum absolute atomic E-state index is 11.5. The van der Waals surface area contributed by atoms with Gasteiger partial charge in [0.15, 0.2) is 5.11 Å². The summed E-state index contributed by atoms with van der Waals surface area (Å²) in [7, 11) is 0. The normalized spacial score (nSPS) is 11.0. The first-order chi connectivity index (χ1) is 11.8. The van der Waals surface area contributed by atoms with E-state index in [4.69, 9.17) is 17.0 Å². The van der Waals surface area contributed by atoms with Gasteiger partial charge in [-0.1, -0.05) is 24.3 Å². The number of hydrogen-bond donors (Lipinski definition) is 4. The molecule has 0 aliphatic heterocycles. The number of phenols is 1. The van der Waals surface area contributed by atoms with Crippen molar-refractivity contribution in [3.8, 4) is 5.75 Å². The van der Waals surface area contributed by atoms with E-state index < -0.39 is 11.7 Å². The number of ether oxygens (including phenoxy) is 1. The van der Waals surface area contributed by atoms with Gasteiger partial charge in [-0.25, -0.2) is 4.79 Å². The molecule has 25 heavy (non-hydrogen) atoms. The molecule has 0 unspecified atom stereocenters. The van der Waals surface area contributed by atoms with Crippen LogP contribution in [0.25, 0.3) is 10.8 Å². The van der Waals surface area contributed by atoms with Crippen molar-refractivity contribution in [2.45, 2.75) is 26.4 Å². The summed E-state index contributed by atoms with van der Waals surface area (Å²) in [5.41, 5.74) is 0.278. The number of phenolic OH excluding ortho intramolecular Hbond substituents is 1. The van der Waals surface area contributed by atoms with Gasteiger partial charge < -0.3 is 25.8 Å². The lowest BCUT2D eigenvalue weighted by molar-refractivity contribution is 0.0529. The number of carbonyl (C=O) groups excluding carboxylic acids is 1. The molecule has 6 nitrogen and oxygen atoms in total. The first-order valence-electron chi connectivity index (χ1n) is 7.99. The Bertz CT molecular complexity index is 772. The average Bonchev–Trinajstić information content (AvgIpc) is 2.51. The molecule has 0 fully saturated rings. The zero-order valence-corrected chi connectivity index (χ0v) is 15.4. The summed E-state index contributed by atoms with van der Waals surface area (Å²) in [6.45, 7) is 6.28. The minimum Gasteiger partial charge on any atom is -0.507 e. The maximum Gasteiger partial charge on any atom is 0.407 e. The maximum atomic E-state index is 11.5. The number of thiocarbonyl (C=S) groups is 1. The largest absolute Gasteiger partial charge is 0.507 e. The van der Waals surface area contributed by atoms with E-state index in [1.807, 2.05) is 45.0 Å². The topological polar surface area (TPSA) is 82.6 Å². The van der Waals surface area contributed by atoms with Crippen molar-refractivity contribution in [2.24, 2.45) is 0 Å². The third kappa shape index (κ3) is 5.79. The molecular formula is C18H23N3O3S. The molecule has 1 amide bonds. The SMILES string of the molecule is CC(C)(C)OC(=O)NCCNC(=S)Nc1cccc2c(O)cccc12. The smallest absolute Gasteiger partial charge is 0.407 e. The predicted molar refractivity (Wildman–Crippen MR) is 104 cm³/mol. The van der Waals surface area contributed by atoms with Gasteiger partial charge in [-0.05, 0) is 45.1 Å². The second-order valence-corrected chi connectivity index (χ2v) is 6.90. The molecule has 0 heterocycles. The van der Waals surface area contributed by atoms with Gasteiger partial charge in [-0.15, -0.1) is 0 Å². The van der Waals surface area contributed by atoms with Crippen LogP contribution in [0.1, 0.15) is 20.8 Å². The molecule has 0 atom stereocenters. The number of fused-ring (bicyclic) bond motifs is 1. The number of aromatic hydroxyl groups is 1. The van der Waals surface area contributed by atoms with Gasteiger partial charge in [-0.2, -0.15) is 0 Å². The summed E-state index contributed by atoms with van der Waals surface area (Å²) in [6, 6.07) is 10.9. The standard InChI is InChI=1S/C18H23N3O3S/c1-18(2,3)24-17(23)20-11-10-19-16(25)21-14-8-4-7-13-12(14)6-5-9-15(13)22/h4-9,22H,10-11H2,1-3H3,(H,20,23)(H2,19,21,25). The van der Waals surface area contributed by atoms with Crippen molar-refractivity contribution >= 4 is 39.9 Å². The number of nitrogens with one attached hydrogen (secondary N) is 3. The molecule has 134 valence electrons. The Morgan fingerprint density at radius 3 is 2.44 bits per heavy atom. The zero-order chi connectivity index (χ0) is 18.4. The molecule has 7 heteroatoms. The highest BCUT2D eigenvalue weighted by Crippen LogP contribution is 2.29. The molecule has 2 rings (SSSR count). The summed E-state index contributed by atoms with van der Waals surface area (Å²) in [6.07, 6.45) is -0.460. The number of benzene rings is 2. The molecule has 0 spiro atoms. The number of anilines is 1. The first kappa shape index (κ1) is 18.8. The van der Waals surface area contributed by atoms with Gasteiger partial charge in [0.2, 0.25) is 0 Å². The Hall–Kier alpha value is -2.54. The molecule has 0 saturated heterocycles. The van der Waals surface area contributed by atoms with Crippen LogP contribution >= 0.6 is 12.2 Å². The van der Waals surface area contributed by atoms with Crippen LogP contribution in [-0.4, -0.2) is 35.0 Å². The highest BCUT2D eigenvalue weighted by Gasteiger charge is 2.15. The second-order valence-electron chi connectivity index (χ2n) is 6.49. The van der Waals surface area contributed by atoms with Crippen LogP contribution in [0.15, 0.2) is 36.4 Å². The van der Waals surface area contributed by atoms with E-state index in [1.54, 1.807) is 12.1 Å². The summed E-state index contributed by atoms with van der Waals surface area (Å²) in [5.74, 6) is 0.224. The molecule has 0 bridgehead atoms. The molecule has 0 aromatic heterocycles. The van der Waals surface area contributed by atoms with Crippen LogP contribution in [0.3, 0.4) is 0 Å². The van der Waals surface area contributed by atoms with Crippen molar-refractivity contribution < 1.29 is 14.6 Å². The van der Waals surface area contributed by atoms with Crippen molar-refractivity contribution in [3.05, 3.63) is 36.4 Å². The Morgan fingerprint density at radius 1 is 1.08 bits per heavy atom. The summed E-state index contributed by atoms with van der Waals surface area (Å²) < 4.78 is 5.15. The minimum atomic E-state index is -0.520. The fourth-order valence-corrected chi connectivity index (χ4v) is 2.44. The fourth-order valence-electron chi connectivity index (χ4n) is 2.22. The Labute approximate surface area is 152 Å². The quantitative estimate of drug-likeness (QED) is 0.494. The molecule has 0 radical (unpaired) electrons. The number of alkyl carbamates (subject to hydrolysis) is 1. The second kappa shape index (κ2) is 8.02. The van der Waals surface area contributed by atoms with Gasteiger partial charge in [0.25, 0.3) is 0 Å². The highest BCUT2D eigenvalue weighted by molar-refractivity contribution is 7.80. The van der Waals surface area contributed by atoms with Gasteiger partial charge in [0, 0.05) is 29.5 Å². The van der Waals surface area contributed by atoms with Gasteiger partial charge >= 0.3 is 6.09 Å². The van der Waals surface area contributed by atoms with Gasteiger partial charge in [0.1, 0.15) is 11.4 Å². The Kier molecular flexibility index (Phi) is 6.03. The predicted octanol–water partition coefficient (Wildman–Crippen LogP) is 3.36. The van der Waals surface area contributed by atoms with E-state index >= 15 is 0 Å². The van der Waals surface area contributed by atoms with Crippen molar-refractivity contribution in [3.63, 3.8) is 0 Å². The van der Waals surface area contributed by atoms with Crippen LogP contribution in [0.2, 0.25) is 0 Å². The van der Waals surface area contributed by atoms with Crippen molar-refractivity contribution in [1.82, 2.24) is 10.6 Å². The fraction of sp³-hybridized carbons (Fsp3) is 0.333. The monoisotopic (exact) mass is 361 g/mol. The number of amides is 1. The van der Waals surface area contributed by atoms with E-state index in [-0.39, 0.29) is 5.75 Å². The summed E-state index contributed by atoms with van der Waals surface area (Å²) in [5, 5.41) is 20.7. The minimum absolute atomic E-state index is 0.224. The Morgan fingerprint density at radius 2 is 1.72 bits per heavy atom. The lowest BCUT2D eigenvalue weighted by Crippen LogP contribution is -2.39. The highest BCUT2D eigenvalue weighted by atomic mass is 32.1. The molecule has 0 aliphatic rings. The third-order valence-electron chi connectivity index (χ3n) is 3.23. The van der Waals surface area contributed by atoms with Crippen molar-refractivity contribution in [1.29, 1.82) is 0 Å². The zero-order valence-electron chi connectivity index (χ0n) is 14.6. The van der Waals surface area contributed by atoms with Crippen LogP contribution in [0.4, 0.5) is 10.5 Å². The van der Waals surface area contributed by atoms with Crippen LogP contribution in [0, 0.1) is 0 Å². The molecule has 2 aromatic carbocycles. The summed E-state index contributed by atoms with van der Waals surface area (Å²) in [4.78, 5) is 11.5. The third-order valence-corrected chi connectivity index (χ3v) is 3.47. The van der Waals surface area contributed by atoms with Crippen LogP contribution in [-0.2, 0) is 4.74 Å². The molecule has 0 saturated carbocycles. The van der Waals surface area contributed by atoms with E-state index in [2.05, 4.69) is 16.0 Å². The van der Waals surface area contributed by atoms with E-state index in [9.17, 15) is 9.90 Å². The van der Waals surface area contributed by atoms with E-state index in [0.717, 1.165) is 16.5 Å². The number of carbonyl (C=O) groups is 1. The summed E-state index contributed by atoms with van der Waals surface area (Å²) >= 11 is 5.27. The number of hydrogen-bond acceptors (Lipinski definition) is 4. The molecular weight excluding hydrogens is 338 g/mol. The Balaban J connectivity index is 1.84. The number of rotatable bonds is 4. The molecule has 0 aliphatic carbocycles. The first-order valence-corrected chi connectivity index (χ1v) is 8.39. The van der Waals surface area contributed by atoms with Crippen LogP contribution < -0.4 is 16.0 Å². The van der Waals surface area contributed by atoms with E-state index in [0.29, 0.717) is 18.2 Å². The lowest BCUT2D eigenvalue weighted by Gasteiger charge is -2.19. The van der Waals surface area contributed by atoms with Crippen LogP contribution in [0.5, 0.6) is 5.75 Å². The molecule has 2 aromatic rings. The molecule has 4 N–H and O–H groups in total. The van der Waals surface area contributed by atoms with E-state index in [1.165, 1.54) is 0 Å². The van der Waals surface area contributed by atoms with Gasteiger partial charge in [0.05, 0.1) is 0 Å². The van der Waals surface area contributed by atoms with Crippen molar-refractivity contribution in [2.75, 3.05) is 18.4 Å².